The summed E-state index contributed by atoms with van der Waals surface area (Å²) in [6.07, 6.45) is 3.50. The Balaban J connectivity index is 1.84. The highest BCUT2D eigenvalue weighted by molar-refractivity contribution is 5.71. The Morgan fingerprint density at radius 2 is 1.42 bits per heavy atom. The van der Waals surface area contributed by atoms with Crippen LogP contribution in [0.25, 0.3) is 16.7 Å². The number of hydrogen-bond donors (Lipinski definition) is 0. The van der Waals surface area contributed by atoms with E-state index in [1.807, 2.05) is 0 Å². The van der Waals surface area contributed by atoms with Gasteiger partial charge in [0.1, 0.15) is 0 Å². The second-order valence-corrected chi connectivity index (χ2v) is 5.18. The highest BCUT2D eigenvalue weighted by Crippen LogP contribution is 2.25. The molecule has 96 valence electrons. The minimum atomic E-state index is 1.07. The first-order valence-corrected chi connectivity index (χ1v) is 6.86. The second kappa shape index (κ2) is 5.41. The van der Waals surface area contributed by atoms with E-state index < -0.39 is 0 Å². The lowest BCUT2D eigenvalue weighted by Crippen LogP contribution is -2.23. The monoisotopic (exact) mass is 249 g/mol. The number of hydrogen-bond acceptors (Lipinski definition) is 1. The first-order valence-electron chi connectivity index (χ1n) is 6.86. The third-order valence-electron chi connectivity index (χ3n) is 3.78. The summed E-state index contributed by atoms with van der Waals surface area (Å²) in [6, 6.07) is 19.5. The summed E-state index contributed by atoms with van der Waals surface area (Å²) in [5.74, 6) is 0. The molecule has 1 aliphatic heterocycles. The molecule has 1 nitrogen and oxygen atoms in total. The molecule has 0 saturated carbocycles. The summed E-state index contributed by atoms with van der Waals surface area (Å²) in [5, 5.41) is 0. The van der Waals surface area contributed by atoms with Crippen molar-refractivity contribution >= 4 is 5.57 Å². The molecule has 0 saturated heterocycles. The average Bonchev–Trinajstić information content (AvgIpc) is 2.49. The smallest absolute Gasteiger partial charge is 0.0166 e. The van der Waals surface area contributed by atoms with Crippen LogP contribution in [0.2, 0.25) is 0 Å². The molecule has 3 rings (SSSR count). The molecule has 0 radical (unpaired) electrons. The van der Waals surface area contributed by atoms with Crippen LogP contribution in [0.15, 0.2) is 60.7 Å². The van der Waals surface area contributed by atoms with Crippen molar-refractivity contribution in [2.75, 3.05) is 20.1 Å². The van der Waals surface area contributed by atoms with Crippen molar-refractivity contribution in [3.8, 4) is 11.1 Å². The average molecular weight is 249 g/mol. The van der Waals surface area contributed by atoms with E-state index in [2.05, 4.69) is 72.6 Å². The molecule has 0 spiro atoms. The van der Waals surface area contributed by atoms with Gasteiger partial charge in [0.15, 0.2) is 0 Å². The van der Waals surface area contributed by atoms with E-state index in [0.717, 1.165) is 19.5 Å². The molecule has 1 heteroatoms. The Morgan fingerprint density at radius 1 is 0.789 bits per heavy atom. The molecular formula is C18H19N. The molecule has 0 amide bonds. The Hall–Kier alpha value is -1.86. The highest BCUT2D eigenvalue weighted by Gasteiger charge is 2.09. The molecule has 19 heavy (non-hydrogen) atoms. The molecule has 2 aromatic rings. The summed E-state index contributed by atoms with van der Waals surface area (Å²) in [7, 11) is 2.17. The van der Waals surface area contributed by atoms with Crippen LogP contribution in [-0.4, -0.2) is 25.0 Å². The molecule has 1 heterocycles. The lowest BCUT2D eigenvalue weighted by Gasteiger charge is -2.22. The van der Waals surface area contributed by atoms with Gasteiger partial charge in [-0.2, -0.15) is 0 Å². The van der Waals surface area contributed by atoms with Gasteiger partial charge in [0.2, 0.25) is 0 Å². The van der Waals surface area contributed by atoms with Crippen molar-refractivity contribution in [1.82, 2.24) is 4.90 Å². The first-order chi connectivity index (χ1) is 9.33. The van der Waals surface area contributed by atoms with E-state index in [4.69, 9.17) is 0 Å². The third-order valence-corrected chi connectivity index (χ3v) is 3.78. The summed E-state index contributed by atoms with van der Waals surface area (Å²) in [6.45, 7) is 2.22. The maximum Gasteiger partial charge on any atom is 0.0166 e. The van der Waals surface area contributed by atoms with E-state index in [1.54, 1.807) is 0 Å². The molecule has 0 aromatic heterocycles. The maximum absolute atomic E-state index is 2.35. The van der Waals surface area contributed by atoms with Crippen LogP contribution >= 0.6 is 0 Å². The van der Waals surface area contributed by atoms with Gasteiger partial charge in [0, 0.05) is 13.1 Å². The standard InChI is InChI=1S/C18H19N/c1-19-13-11-18(12-14-19)17-9-7-16(8-10-17)15-5-3-2-4-6-15/h2-11H,12-14H2,1H3. The van der Waals surface area contributed by atoms with Crippen LogP contribution in [0.1, 0.15) is 12.0 Å². The summed E-state index contributed by atoms with van der Waals surface area (Å²) in [4.78, 5) is 2.35. The summed E-state index contributed by atoms with van der Waals surface area (Å²) >= 11 is 0. The van der Waals surface area contributed by atoms with Crippen molar-refractivity contribution in [1.29, 1.82) is 0 Å². The van der Waals surface area contributed by atoms with Gasteiger partial charge in [-0.15, -0.1) is 0 Å². The molecular weight excluding hydrogens is 230 g/mol. The van der Waals surface area contributed by atoms with E-state index in [0.29, 0.717) is 0 Å². The highest BCUT2D eigenvalue weighted by atomic mass is 15.1. The van der Waals surface area contributed by atoms with E-state index >= 15 is 0 Å². The number of nitrogens with zero attached hydrogens (tertiary/aromatic N) is 1. The molecule has 0 aliphatic carbocycles. The van der Waals surface area contributed by atoms with Crippen LogP contribution in [0.4, 0.5) is 0 Å². The van der Waals surface area contributed by atoms with Crippen molar-refractivity contribution in [3.05, 3.63) is 66.2 Å². The quantitative estimate of drug-likeness (QED) is 0.775. The number of benzene rings is 2. The van der Waals surface area contributed by atoms with Crippen molar-refractivity contribution in [3.63, 3.8) is 0 Å². The molecule has 0 unspecified atom stereocenters. The van der Waals surface area contributed by atoms with Gasteiger partial charge in [-0.1, -0.05) is 60.7 Å². The number of rotatable bonds is 2. The third kappa shape index (κ3) is 2.77. The summed E-state index contributed by atoms with van der Waals surface area (Å²) in [5.41, 5.74) is 5.43. The minimum Gasteiger partial charge on any atom is -0.302 e. The minimum absolute atomic E-state index is 1.07. The van der Waals surface area contributed by atoms with E-state index in [-0.39, 0.29) is 0 Å². The van der Waals surface area contributed by atoms with E-state index in [1.165, 1.54) is 22.3 Å². The van der Waals surface area contributed by atoms with E-state index in [9.17, 15) is 0 Å². The fraction of sp³-hybridized carbons (Fsp3) is 0.222. The molecule has 0 fully saturated rings. The SMILES string of the molecule is CN1CC=C(c2ccc(-c3ccccc3)cc2)CC1. The van der Waals surface area contributed by atoms with Gasteiger partial charge in [-0.25, -0.2) is 0 Å². The topological polar surface area (TPSA) is 3.24 Å². The number of likely N-dealkylation sites (N-methyl/N-ethyl adjacent to an activating group) is 1. The molecule has 0 bridgehead atoms. The Bertz CT molecular complexity index is 566. The van der Waals surface area contributed by atoms with Gasteiger partial charge in [-0.3, -0.25) is 0 Å². The Morgan fingerprint density at radius 3 is 2.05 bits per heavy atom. The predicted octanol–water partition coefficient (Wildman–Crippen LogP) is 4.07. The van der Waals surface area contributed by atoms with Crippen LogP contribution in [0.5, 0.6) is 0 Å². The Labute approximate surface area is 115 Å². The van der Waals surface area contributed by atoms with Crippen LogP contribution in [-0.2, 0) is 0 Å². The van der Waals surface area contributed by atoms with Crippen molar-refractivity contribution < 1.29 is 0 Å². The lowest BCUT2D eigenvalue weighted by atomic mass is 9.97. The maximum atomic E-state index is 2.35. The zero-order valence-electron chi connectivity index (χ0n) is 11.3. The fourth-order valence-corrected chi connectivity index (χ4v) is 2.54. The lowest BCUT2D eigenvalue weighted by molar-refractivity contribution is 0.370. The fourth-order valence-electron chi connectivity index (χ4n) is 2.54. The summed E-state index contributed by atoms with van der Waals surface area (Å²) < 4.78 is 0. The molecule has 1 aliphatic rings. The van der Waals surface area contributed by atoms with Crippen molar-refractivity contribution in [2.24, 2.45) is 0 Å². The van der Waals surface area contributed by atoms with Gasteiger partial charge >= 0.3 is 0 Å². The predicted molar refractivity (Wildman–Crippen MR) is 82.0 cm³/mol. The van der Waals surface area contributed by atoms with Crippen LogP contribution in [0, 0.1) is 0 Å². The molecule has 2 aromatic carbocycles. The zero-order valence-corrected chi connectivity index (χ0v) is 11.3. The normalized spacial score (nSPS) is 16.2. The van der Waals surface area contributed by atoms with Gasteiger partial charge in [-0.05, 0) is 35.7 Å². The Kier molecular flexibility index (Phi) is 3.47. The largest absolute Gasteiger partial charge is 0.302 e. The second-order valence-electron chi connectivity index (χ2n) is 5.18. The zero-order chi connectivity index (χ0) is 13.1. The van der Waals surface area contributed by atoms with Gasteiger partial charge in [0.05, 0.1) is 0 Å². The van der Waals surface area contributed by atoms with Crippen LogP contribution < -0.4 is 0 Å². The molecule has 0 N–H and O–H groups in total. The first kappa shape index (κ1) is 12.2. The van der Waals surface area contributed by atoms with Crippen molar-refractivity contribution in [2.45, 2.75) is 6.42 Å². The van der Waals surface area contributed by atoms with Gasteiger partial charge < -0.3 is 4.90 Å². The molecule has 0 atom stereocenters. The van der Waals surface area contributed by atoms with Crippen LogP contribution in [0.3, 0.4) is 0 Å². The van der Waals surface area contributed by atoms with Gasteiger partial charge in [0.25, 0.3) is 0 Å².